The summed E-state index contributed by atoms with van der Waals surface area (Å²) in [6.07, 6.45) is 1.02. The van der Waals surface area contributed by atoms with Gasteiger partial charge in [0.1, 0.15) is 5.75 Å². The molecule has 0 aliphatic rings. The zero-order valence-corrected chi connectivity index (χ0v) is 16.7. The molecule has 2 aromatic rings. The molecule has 0 atom stereocenters. The topological polar surface area (TPSA) is 108 Å². The maximum absolute atomic E-state index is 12.2. The van der Waals surface area contributed by atoms with E-state index in [0.717, 1.165) is 5.56 Å². The molecule has 8 heteroatoms. The number of rotatable bonds is 9. The third kappa shape index (κ3) is 6.08. The number of nitrogens with zero attached hydrogens (tertiary/aromatic N) is 1. The SMILES string of the molecule is CCCNS(=O)(=O)c1ccc(OCC(=O)Nc2ccc(CC#N)cc2)c(C)c1. The number of benzene rings is 2. The molecule has 2 rings (SSSR count). The number of nitriles is 1. The minimum absolute atomic E-state index is 0.160. The van der Waals surface area contributed by atoms with E-state index in [1.165, 1.54) is 12.1 Å². The van der Waals surface area contributed by atoms with Gasteiger partial charge in [0.15, 0.2) is 6.61 Å². The molecule has 0 aromatic heterocycles. The summed E-state index contributed by atoms with van der Waals surface area (Å²) < 4.78 is 32.3. The van der Waals surface area contributed by atoms with Gasteiger partial charge in [0, 0.05) is 12.2 Å². The number of aryl methyl sites for hydroxylation is 1. The van der Waals surface area contributed by atoms with Crippen molar-refractivity contribution in [2.75, 3.05) is 18.5 Å². The molecule has 2 N–H and O–H groups in total. The zero-order valence-electron chi connectivity index (χ0n) is 15.9. The van der Waals surface area contributed by atoms with Gasteiger partial charge in [-0.05, 0) is 54.8 Å². The summed E-state index contributed by atoms with van der Waals surface area (Å²) in [5.74, 6) is 0.0997. The number of ether oxygens (including phenoxy) is 1. The number of hydrogen-bond donors (Lipinski definition) is 2. The highest BCUT2D eigenvalue weighted by molar-refractivity contribution is 7.89. The van der Waals surface area contributed by atoms with Gasteiger partial charge in [-0.25, -0.2) is 13.1 Å². The molecule has 0 unspecified atom stereocenters. The molecule has 0 saturated heterocycles. The molecular formula is C20H23N3O4S. The average Bonchev–Trinajstić information content (AvgIpc) is 2.67. The monoisotopic (exact) mass is 401 g/mol. The van der Waals surface area contributed by atoms with Gasteiger partial charge in [0.25, 0.3) is 5.91 Å². The molecule has 0 aliphatic carbocycles. The second kappa shape index (κ2) is 9.88. The fourth-order valence-corrected chi connectivity index (χ4v) is 3.63. The first-order valence-electron chi connectivity index (χ1n) is 8.84. The van der Waals surface area contributed by atoms with Crippen molar-refractivity contribution < 1.29 is 17.9 Å². The van der Waals surface area contributed by atoms with Crippen molar-refractivity contribution in [3.05, 3.63) is 53.6 Å². The van der Waals surface area contributed by atoms with Gasteiger partial charge in [0.05, 0.1) is 17.4 Å². The highest BCUT2D eigenvalue weighted by Gasteiger charge is 2.15. The number of anilines is 1. The van der Waals surface area contributed by atoms with Crippen LogP contribution in [0, 0.1) is 18.3 Å². The van der Waals surface area contributed by atoms with E-state index in [1.807, 2.05) is 6.92 Å². The lowest BCUT2D eigenvalue weighted by molar-refractivity contribution is -0.118. The lowest BCUT2D eigenvalue weighted by Gasteiger charge is -2.12. The van der Waals surface area contributed by atoms with Crippen molar-refractivity contribution >= 4 is 21.6 Å². The third-order valence-corrected chi connectivity index (χ3v) is 5.34. The number of nitrogens with one attached hydrogen (secondary N) is 2. The van der Waals surface area contributed by atoms with Crippen LogP contribution in [0.2, 0.25) is 0 Å². The van der Waals surface area contributed by atoms with Crippen molar-refractivity contribution in [1.29, 1.82) is 5.26 Å². The Morgan fingerprint density at radius 1 is 1.18 bits per heavy atom. The van der Waals surface area contributed by atoms with Gasteiger partial charge in [-0.1, -0.05) is 19.1 Å². The van der Waals surface area contributed by atoms with Crippen molar-refractivity contribution in [2.24, 2.45) is 0 Å². The van der Waals surface area contributed by atoms with Crippen LogP contribution in [0.15, 0.2) is 47.4 Å². The Labute approximate surface area is 165 Å². The molecule has 2 aromatic carbocycles. The Morgan fingerprint density at radius 2 is 1.89 bits per heavy atom. The molecule has 0 heterocycles. The van der Waals surface area contributed by atoms with Gasteiger partial charge < -0.3 is 10.1 Å². The lowest BCUT2D eigenvalue weighted by atomic mass is 10.1. The Bertz CT molecular complexity index is 964. The second-order valence-electron chi connectivity index (χ2n) is 6.19. The Hall–Kier alpha value is -2.89. The van der Waals surface area contributed by atoms with Gasteiger partial charge in [0.2, 0.25) is 10.0 Å². The van der Waals surface area contributed by atoms with Crippen LogP contribution in [0.1, 0.15) is 24.5 Å². The summed E-state index contributed by atoms with van der Waals surface area (Å²) in [6.45, 7) is 3.77. The summed E-state index contributed by atoms with van der Waals surface area (Å²) in [5.41, 5.74) is 2.10. The largest absolute Gasteiger partial charge is 0.483 e. The average molecular weight is 401 g/mol. The molecule has 148 valence electrons. The minimum atomic E-state index is -3.55. The lowest BCUT2D eigenvalue weighted by Crippen LogP contribution is -2.24. The highest BCUT2D eigenvalue weighted by atomic mass is 32.2. The first kappa shape index (κ1) is 21.4. The maximum atomic E-state index is 12.2. The fraction of sp³-hybridized carbons (Fsp3) is 0.300. The quantitative estimate of drug-likeness (QED) is 0.672. The van der Waals surface area contributed by atoms with E-state index in [4.69, 9.17) is 10.00 Å². The van der Waals surface area contributed by atoms with E-state index in [-0.39, 0.29) is 17.4 Å². The predicted octanol–water partition coefficient (Wildman–Crippen LogP) is 2.77. The summed E-state index contributed by atoms with van der Waals surface area (Å²) in [6, 6.07) is 13.6. The summed E-state index contributed by atoms with van der Waals surface area (Å²) >= 11 is 0. The zero-order chi connectivity index (χ0) is 20.6. The van der Waals surface area contributed by atoms with Gasteiger partial charge in [-0.3, -0.25) is 4.79 Å². The van der Waals surface area contributed by atoms with Crippen molar-refractivity contribution in [2.45, 2.75) is 31.6 Å². The smallest absolute Gasteiger partial charge is 0.262 e. The van der Waals surface area contributed by atoms with Crippen LogP contribution in [-0.2, 0) is 21.2 Å². The number of amides is 1. The first-order chi connectivity index (χ1) is 13.4. The maximum Gasteiger partial charge on any atom is 0.262 e. The van der Waals surface area contributed by atoms with Crippen molar-refractivity contribution in [1.82, 2.24) is 4.72 Å². The number of hydrogen-bond acceptors (Lipinski definition) is 5. The molecule has 0 saturated carbocycles. The number of carbonyl (C=O) groups excluding carboxylic acids is 1. The molecule has 0 radical (unpaired) electrons. The number of sulfonamides is 1. The molecule has 0 fully saturated rings. The Kier molecular flexibility index (Phi) is 7.55. The Morgan fingerprint density at radius 3 is 2.50 bits per heavy atom. The van der Waals surface area contributed by atoms with E-state index in [0.29, 0.717) is 36.4 Å². The molecule has 0 spiro atoms. The van der Waals surface area contributed by atoms with E-state index in [2.05, 4.69) is 16.1 Å². The van der Waals surface area contributed by atoms with E-state index in [1.54, 1.807) is 37.3 Å². The third-order valence-electron chi connectivity index (χ3n) is 3.88. The van der Waals surface area contributed by atoms with Crippen molar-refractivity contribution in [3.8, 4) is 11.8 Å². The number of carbonyl (C=O) groups is 1. The minimum Gasteiger partial charge on any atom is -0.483 e. The van der Waals surface area contributed by atoms with Crippen LogP contribution in [0.4, 0.5) is 5.69 Å². The molecule has 1 amide bonds. The van der Waals surface area contributed by atoms with E-state index in [9.17, 15) is 13.2 Å². The molecule has 0 bridgehead atoms. The summed E-state index contributed by atoms with van der Waals surface area (Å²) in [5, 5.41) is 11.4. The predicted molar refractivity (Wildman–Crippen MR) is 107 cm³/mol. The van der Waals surface area contributed by atoms with Crippen LogP contribution in [0.25, 0.3) is 0 Å². The first-order valence-corrected chi connectivity index (χ1v) is 10.3. The van der Waals surface area contributed by atoms with Gasteiger partial charge in [-0.2, -0.15) is 5.26 Å². The van der Waals surface area contributed by atoms with Crippen LogP contribution in [-0.4, -0.2) is 27.5 Å². The van der Waals surface area contributed by atoms with Crippen molar-refractivity contribution in [3.63, 3.8) is 0 Å². The van der Waals surface area contributed by atoms with E-state index < -0.39 is 10.0 Å². The van der Waals surface area contributed by atoms with E-state index >= 15 is 0 Å². The second-order valence-corrected chi connectivity index (χ2v) is 7.96. The molecular weight excluding hydrogens is 378 g/mol. The summed E-state index contributed by atoms with van der Waals surface area (Å²) in [4.78, 5) is 12.2. The normalized spacial score (nSPS) is 10.9. The van der Waals surface area contributed by atoms with Crippen LogP contribution >= 0.6 is 0 Å². The van der Waals surface area contributed by atoms with Gasteiger partial charge in [-0.15, -0.1) is 0 Å². The van der Waals surface area contributed by atoms with Crippen LogP contribution in [0.5, 0.6) is 5.75 Å². The highest BCUT2D eigenvalue weighted by Crippen LogP contribution is 2.22. The molecule has 28 heavy (non-hydrogen) atoms. The molecule has 0 aliphatic heterocycles. The van der Waals surface area contributed by atoms with Gasteiger partial charge >= 0.3 is 0 Å². The fourth-order valence-electron chi connectivity index (χ4n) is 2.41. The molecule has 7 nitrogen and oxygen atoms in total. The van der Waals surface area contributed by atoms with Crippen LogP contribution in [0.3, 0.4) is 0 Å². The summed E-state index contributed by atoms with van der Waals surface area (Å²) in [7, 11) is -3.55. The van der Waals surface area contributed by atoms with Crippen LogP contribution < -0.4 is 14.8 Å². The Balaban J connectivity index is 1.95. The standard InChI is InChI=1S/C20H23N3O4S/c1-3-12-22-28(25,26)18-8-9-19(15(2)13-18)27-14-20(24)23-17-6-4-16(5-7-17)10-11-21/h4-9,13,22H,3,10,12,14H2,1-2H3,(H,23,24).